The Labute approximate surface area is 90.6 Å². The summed E-state index contributed by atoms with van der Waals surface area (Å²) in [5, 5.41) is 9.99. The van der Waals surface area contributed by atoms with Crippen LogP contribution in [-0.4, -0.2) is 19.3 Å². The smallest absolute Gasteiger partial charge is 0.166 e. The van der Waals surface area contributed by atoms with Crippen molar-refractivity contribution >= 4 is 0 Å². The van der Waals surface area contributed by atoms with Gasteiger partial charge in [-0.25, -0.2) is 0 Å². The van der Waals surface area contributed by atoms with Gasteiger partial charge in [0.1, 0.15) is 0 Å². The average Bonchev–Trinajstić information content (AvgIpc) is 2.26. The van der Waals surface area contributed by atoms with E-state index in [1.165, 1.54) is 0 Å². The lowest BCUT2D eigenvalue weighted by atomic mass is 9.98. The molecule has 0 amide bonds. The van der Waals surface area contributed by atoms with E-state index in [1.807, 2.05) is 32.0 Å². The molecule has 1 unspecified atom stereocenters. The molecule has 0 radical (unpaired) electrons. The maximum Gasteiger partial charge on any atom is 0.166 e. The van der Waals surface area contributed by atoms with Crippen LogP contribution in [0.15, 0.2) is 18.2 Å². The Hall–Kier alpha value is -1.22. The highest BCUT2D eigenvalue weighted by Crippen LogP contribution is 2.36. The molecule has 0 spiro atoms. The molecular formula is C12H18O3. The Kier molecular flexibility index (Phi) is 3.97. The highest BCUT2D eigenvalue weighted by atomic mass is 16.5. The van der Waals surface area contributed by atoms with Crippen molar-refractivity contribution in [2.75, 3.05) is 14.2 Å². The predicted octanol–water partition coefficient (Wildman–Crippen LogP) is 2.39. The van der Waals surface area contributed by atoms with Crippen LogP contribution in [0, 0.1) is 5.92 Å². The Bertz CT molecular complexity index is 321. The molecule has 0 fully saturated rings. The molecule has 3 nitrogen and oxygen atoms in total. The molecule has 15 heavy (non-hydrogen) atoms. The number of rotatable bonds is 4. The van der Waals surface area contributed by atoms with E-state index in [4.69, 9.17) is 9.47 Å². The molecule has 1 aromatic carbocycles. The molecule has 0 aliphatic rings. The molecular weight excluding hydrogens is 192 g/mol. The van der Waals surface area contributed by atoms with E-state index in [0.717, 1.165) is 5.56 Å². The Balaban J connectivity index is 3.16. The molecule has 0 aliphatic carbocycles. The molecule has 1 aromatic rings. The van der Waals surface area contributed by atoms with Crippen LogP contribution >= 0.6 is 0 Å². The minimum absolute atomic E-state index is 0.144. The van der Waals surface area contributed by atoms with E-state index in [1.54, 1.807) is 14.2 Å². The summed E-state index contributed by atoms with van der Waals surface area (Å²) in [5.74, 6) is 1.40. The molecule has 3 heteroatoms. The van der Waals surface area contributed by atoms with Gasteiger partial charge in [0.25, 0.3) is 0 Å². The zero-order valence-corrected chi connectivity index (χ0v) is 9.65. The second-order valence-corrected chi connectivity index (χ2v) is 3.77. The van der Waals surface area contributed by atoms with E-state index in [9.17, 15) is 5.11 Å². The highest BCUT2D eigenvalue weighted by Gasteiger charge is 2.19. The van der Waals surface area contributed by atoms with Gasteiger partial charge in [0, 0.05) is 5.56 Å². The summed E-state index contributed by atoms with van der Waals surface area (Å²) in [6, 6.07) is 5.52. The van der Waals surface area contributed by atoms with Crippen molar-refractivity contribution in [2.24, 2.45) is 5.92 Å². The summed E-state index contributed by atoms with van der Waals surface area (Å²) in [4.78, 5) is 0. The van der Waals surface area contributed by atoms with Gasteiger partial charge in [-0.1, -0.05) is 26.0 Å². The molecule has 0 saturated carbocycles. The summed E-state index contributed by atoms with van der Waals surface area (Å²) in [6.07, 6.45) is -0.532. The number of aliphatic hydroxyl groups excluding tert-OH is 1. The van der Waals surface area contributed by atoms with Crippen LogP contribution in [0.25, 0.3) is 0 Å². The number of hydrogen-bond donors (Lipinski definition) is 1. The number of para-hydroxylation sites is 1. The van der Waals surface area contributed by atoms with Gasteiger partial charge in [-0.15, -0.1) is 0 Å². The minimum atomic E-state index is -0.532. The molecule has 0 saturated heterocycles. The van der Waals surface area contributed by atoms with Crippen LogP contribution in [0.1, 0.15) is 25.5 Å². The Morgan fingerprint density at radius 1 is 1.13 bits per heavy atom. The van der Waals surface area contributed by atoms with Crippen LogP contribution < -0.4 is 9.47 Å². The molecule has 1 N–H and O–H groups in total. The summed E-state index contributed by atoms with van der Waals surface area (Å²) < 4.78 is 10.4. The van der Waals surface area contributed by atoms with Crippen LogP contribution in [0.4, 0.5) is 0 Å². The van der Waals surface area contributed by atoms with Gasteiger partial charge in [0.15, 0.2) is 11.5 Å². The van der Waals surface area contributed by atoms with Crippen molar-refractivity contribution in [1.29, 1.82) is 0 Å². The first-order valence-electron chi connectivity index (χ1n) is 5.00. The summed E-state index contributed by atoms with van der Waals surface area (Å²) >= 11 is 0. The van der Waals surface area contributed by atoms with Crippen molar-refractivity contribution in [3.05, 3.63) is 23.8 Å². The third kappa shape index (κ3) is 2.42. The number of methoxy groups -OCH3 is 2. The van der Waals surface area contributed by atoms with E-state index >= 15 is 0 Å². The van der Waals surface area contributed by atoms with Gasteiger partial charge in [0.2, 0.25) is 0 Å². The largest absolute Gasteiger partial charge is 0.493 e. The SMILES string of the molecule is COc1cccc(C(O)C(C)C)c1OC. The third-order valence-electron chi connectivity index (χ3n) is 2.38. The lowest BCUT2D eigenvalue weighted by Crippen LogP contribution is -2.07. The van der Waals surface area contributed by atoms with Crippen LogP contribution in [0.2, 0.25) is 0 Å². The minimum Gasteiger partial charge on any atom is -0.493 e. The first kappa shape index (κ1) is 11.9. The predicted molar refractivity (Wildman–Crippen MR) is 59.3 cm³/mol. The van der Waals surface area contributed by atoms with E-state index in [2.05, 4.69) is 0 Å². The average molecular weight is 210 g/mol. The fourth-order valence-corrected chi connectivity index (χ4v) is 1.50. The number of ether oxygens (including phenoxy) is 2. The summed E-state index contributed by atoms with van der Waals surface area (Å²) in [7, 11) is 3.16. The standard InChI is InChI=1S/C12H18O3/c1-8(2)11(13)9-6-5-7-10(14-3)12(9)15-4/h5-8,11,13H,1-4H3. The van der Waals surface area contributed by atoms with Gasteiger partial charge < -0.3 is 14.6 Å². The van der Waals surface area contributed by atoms with Crippen LogP contribution in [0.5, 0.6) is 11.5 Å². The monoisotopic (exact) mass is 210 g/mol. The van der Waals surface area contributed by atoms with E-state index in [0.29, 0.717) is 11.5 Å². The van der Waals surface area contributed by atoms with Crippen LogP contribution in [-0.2, 0) is 0 Å². The van der Waals surface area contributed by atoms with E-state index in [-0.39, 0.29) is 5.92 Å². The zero-order valence-electron chi connectivity index (χ0n) is 9.65. The normalized spacial score (nSPS) is 12.7. The molecule has 0 bridgehead atoms. The Morgan fingerprint density at radius 2 is 1.80 bits per heavy atom. The maximum atomic E-state index is 9.99. The van der Waals surface area contributed by atoms with Crippen molar-refractivity contribution in [2.45, 2.75) is 20.0 Å². The van der Waals surface area contributed by atoms with Crippen LogP contribution in [0.3, 0.4) is 0 Å². The zero-order chi connectivity index (χ0) is 11.4. The molecule has 1 rings (SSSR count). The highest BCUT2D eigenvalue weighted by molar-refractivity contribution is 5.47. The maximum absolute atomic E-state index is 9.99. The van der Waals surface area contributed by atoms with Gasteiger partial charge >= 0.3 is 0 Å². The van der Waals surface area contributed by atoms with Crippen molar-refractivity contribution in [3.8, 4) is 11.5 Å². The summed E-state index contributed by atoms with van der Waals surface area (Å²) in [6.45, 7) is 3.92. The van der Waals surface area contributed by atoms with Gasteiger partial charge in [0.05, 0.1) is 20.3 Å². The van der Waals surface area contributed by atoms with Gasteiger partial charge in [-0.2, -0.15) is 0 Å². The fourth-order valence-electron chi connectivity index (χ4n) is 1.50. The van der Waals surface area contributed by atoms with E-state index < -0.39 is 6.10 Å². The molecule has 0 aromatic heterocycles. The van der Waals surface area contributed by atoms with Crippen molar-refractivity contribution in [3.63, 3.8) is 0 Å². The second-order valence-electron chi connectivity index (χ2n) is 3.77. The molecule has 1 atom stereocenters. The molecule has 84 valence electrons. The first-order valence-corrected chi connectivity index (χ1v) is 5.00. The Morgan fingerprint density at radius 3 is 2.27 bits per heavy atom. The summed E-state index contributed by atoms with van der Waals surface area (Å²) in [5.41, 5.74) is 0.770. The first-order chi connectivity index (χ1) is 7.11. The lowest BCUT2D eigenvalue weighted by Gasteiger charge is -2.19. The van der Waals surface area contributed by atoms with Gasteiger partial charge in [-0.05, 0) is 12.0 Å². The quantitative estimate of drug-likeness (QED) is 0.829. The molecule has 0 heterocycles. The van der Waals surface area contributed by atoms with Crippen molar-refractivity contribution < 1.29 is 14.6 Å². The van der Waals surface area contributed by atoms with Gasteiger partial charge in [-0.3, -0.25) is 0 Å². The third-order valence-corrected chi connectivity index (χ3v) is 2.38. The lowest BCUT2D eigenvalue weighted by molar-refractivity contribution is 0.123. The number of aliphatic hydroxyl groups is 1. The topological polar surface area (TPSA) is 38.7 Å². The second kappa shape index (κ2) is 5.03. The fraction of sp³-hybridized carbons (Fsp3) is 0.500. The number of hydrogen-bond acceptors (Lipinski definition) is 3. The van der Waals surface area contributed by atoms with Crippen molar-refractivity contribution in [1.82, 2.24) is 0 Å². The number of benzene rings is 1. The molecule has 0 aliphatic heterocycles.